The molecule has 0 fully saturated rings. The molecule has 16 heavy (non-hydrogen) atoms. The number of amides is 1. The van der Waals surface area contributed by atoms with Gasteiger partial charge in [-0.2, -0.15) is 8.42 Å². The number of rotatable bonds is 3. The second kappa shape index (κ2) is 3.97. The third kappa shape index (κ3) is 1.92. The number of hydrogen-bond acceptors (Lipinski definition) is 4. The molecule has 0 saturated heterocycles. The summed E-state index contributed by atoms with van der Waals surface area (Å²) in [5.41, 5.74) is 0.910. The Balaban J connectivity index is 2.31. The molecule has 2 rings (SSSR count). The predicted molar refractivity (Wildman–Crippen MR) is 57.0 cm³/mol. The van der Waals surface area contributed by atoms with Gasteiger partial charge in [-0.25, -0.2) is 4.72 Å². The molecular formula is C10H9NO4S. The zero-order chi connectivity index (χ0) is 11.6. The largest absolute Gasteiger partial charge is 0.443 e. The maximum Gasteiger partial charge on any atom is 0.296 e. The lowest BCUT2D eigenvalue weighted by atomic mass is 10.1. The first-order chi connectivity index (χ1) is 7.63. The van der Waals surface area contributed by atoms with Crippen molar-refractivity contribution in [2.45, 2.75) is 6.42 Å². The lowest BCUT2D eigenvalue weighted by Crippen LogP contribution is -2.27. The second-order valence-corrected chi connectivity index (χ2v) is 4.82. The van der Waals surface area contributed by atoms with Gasteiger partial charge in [0.15, 0.2) is 0 Å². The van der Waals surface area contributed by atoms with Crippen LogP contribution in [0.2, 0.25) is 0 Å². The molecule has 0 aliphatic carbocycles. The fraction of sp³-hybridized carbons (Fsp3) is 0.100. The van der Waals surface area contributed by atoms with Crippen LogP contribution in [-0.4, -0.2) is 14.8 Å². The van der Waals surface area contributed by atoms with Gasteiger partial charge in [-0.15, -0.1) is 0 Å². The number of sulfonamides is 1. The number of fused-ring (bicyclic) bond motifs is 1. The van der Waals surface area contributed by atoms with E-state index in [9.17, 15) is 13.2 Å². The lowest BCUT2D eigenvalue weighted by Gasteiger charge is -2.17. The molecule has 0 bridgehead atoms. The first-order valence-electron chi connectivity index (χ1n) is 4.55. The molecule has 1 amide bonds. The summed E-state index contributed by atoms with van der Waals surface area (Å²) in [6, 6.07) is 7.13. The summed E-state index contributed by atoms with van der Waals surface area (Å²) < 4.78 is 29.8. The molecule has 5 nitrogen and oxygen atoms in total. The topological polar surface area (TPSA) is 72.5 Å². The average molecular weight is 239 g/mol. The van der Waals surface area contributed by atoms with Crippen LogP contribution >= 0.6 is 0 Å². The quantitative estimate of drug-likeness (QED) is 0.781. The highest BCUT2D eigenvalue weighted by atomic mass is 32.2. The Hall–Kier alpha value is -1.82. The fourth-order valence-corrected chi connectivity index (χ4v) is 2.15. The van der Waals surface area contributed by atoms with Crippen LogP contribution in [0.25, 0.3) is 0 Å². The van der Waals surface area contributed by atoms with Crippen molar-refractivity contribution in [2.24, 2.45) is 0 Å². The molecule has 0 saturated carbocycles. The van der Waals surface area contributed by atoms with Crippen molar-refractivity contribution in [2.75, 3.05) is 0 Å². The summed E-state index contributed by atoms with van der Waals surface area (Å²) >= 11 is 0. The molecule has 0 aromatic heterocycles. The summed E-state index contributed by atoms with van der Waals surface area (Å²) in [6.45, 7) is 0. The van der Waals surface area contributed by atoms with Crippen molar-refractivity contribution in [3.05, 3.63) is 41.0 Å². The molecule has 6 heteroatoms. The van der Waals surface area contributed by atoms with Crippen molar-refractivity contribution in [3.8, 4) is 5.75 Å². The number of nitrogens with one attached hydrogen (secondary N) is 1. The minimum Gasteiger partial charge on any atom is -0.443 e. The van der Waals surface area contributed by atoms with Crippen molar-refractivity contribution in [3.63, 3.8) is 0 Å². The molecule has 1 N–H and O–H groups in total. The molecule has 1 heterocycles. The normalized spacial score (nSPS) is 14.4. The van der Waals surface area contributed by atoms with Gasteiger partial charge < -0.3 is 4.74 Å². The predicted octanol–water partition coefficient (Wildman–Crippen LogP) is 0.539. The van der Waals surface area contributed by atoms with Crippen LogP contribution in [0.5, 0.6) is 5.75 Å². The minimum atomic E-state index is -3.86. The molecule has 84 valence electrons. The van der Waals surface area contributed by atoms with E-state index in [0.29, 0.717) is 12.2 Å². The summed E-state index contributed by atoms with van der Waals surface area (Å²) in [4.78, 5) is 10.1. The van der Waals surface area contributed by atoms with Crippen molar-refractivity contribution in [1.29, 1.82) is 0 Å². The third-order valence-electron chi connectivity index (χ3n) is 2.14. The summed E-state index contributed by atoms with van der Waals surface area (Å²) in [5.74, 6) is 0.497. The Morgan fingerprint density at radius 1 is 1.31 bits per heavy atom. The van der Waals surface area contributed by atoms with Crippen molar-refractivity contribution < 1.29 is 17.9 Å². The maximum atomic E-state index is 11.5. The van der Waals surface area contributed by atoms with Gasteiger partial charge in [0.1, 0.15) is 5.75 Å². The molecule has 1 aromatic carbocycles. The highest BCUT2D eigenvalue weighted by molar-refractivity contribution is 7.93. The highest BCUT2D eigenvalue weighted by Gasteiger charge is 2.23. The van der Waals surface area contributed by atoms with Crippen molar-refractivity contribution in [1.82, 2.24) is 4.72 Å². The number of allylic oxidation sites excluding steroid dienone is 1. The van der Waals surface area contributed by atoms with Crippen LogP contribution in [0.1, 0.15) is 5.56 Å². The maximum absolute atomic E-state index is 11.5. The van der Waals surface area contributed by atoms with E-state index in [1.807, 2.05) is 12.1 Å². The molecule has 1 aromatic rings. The van der Waals surface area contributed by atoms with Crippen LogP contribution in [0, 0.1) is 0 Å². The Labute approximate surface area is 92.8 Å². The highest BCUT2D eigenvalue weighted by Crippen LogP contribution is 2.27. The van der Waals surface area contributed by atoms with Gasteiger partial charge >= 0.3 is 0 Å². The van der Waals surface area contributed by atoms with E-state index in [2.05, 4.69) is 0 Å². The van der Waals surface area contributed by atoms with Gasteiger partial charge in [0, 0.05) is 0 Å². The van der Waals surface area contributed by atoms with Crippen molar-refractivity contribution >= 4 is 16.4 Å². The Bertz CT molecular complexity index is 548. The standard InChI is InChI=1S/C10H9NO4S/c12-7-11-16(13,14)10-6-5-8-3-1-2-4-9(8)15-10/h1-4,6-7H,5H2,(H,11,12). The average Bonchev–Trinajstić information content (AvgIpc) is 2.28. The molecule has 0 atom stereocenters. The molecule has 1 aliphatic rings. The Kier molecular flexibility index (Phi) is 2.66. The van der Waals surface area contributed by atoms with Gasteiger partial charge in [0.25, 0.3) is 10.0 Å². The van der Waals surface area contributed by atoms with Crippen LogP contribution in [0.3, 0.4) is 0 Å². The molecule has 0 radical (unpaired) electrons. The van der Waals surface area contributed by atoms with E-state index in [1.54, 1.807) is 16.9 Å². The first kappa shape index (κ1) is 10.7. The van der Waals surface area contributed by atoms with E-state index >= 15 is 0 Å². The van der Waals surface area contributed by atoms with E-state index in [1.165, 1.54) is 6.08 Å². The van der Waals surface area contributed by atoms with Crippen LogP contribution in [-0.2, 0) is 21.2 Å². The number of carbonyl (C=O) groups is 1. The molecule has 1 aliphatic heterocycles. The van der Waals surface area contributed by atoms with Gasteiger partial charge in [0.05, 0.1) is 0 Å². The fourth-order valence-electron chi connectivity index (χ4n) is 1.40. The van der Waals surface area contributed by atoms with E-state index in [-0.39, 0.29) is 11.5 Å². The Morgan fingerprint density at radius 3 is 2.81 bits per heavy atom. The summed E-state index contributed by atoms with van der Waals surface area (Å²) in [6.07, 6.45) is 2.00. The minimum absolute atomic E-state index is 0.111. The van der Waals surface area contributed by atoms with E-state index < -0.39 is 10.0 Å². The third-order valence-corrected chi connectivity index (χ3v) is 3.33. The van der Waals surface area contributed by atoms with Crippen LogP contribution < -0.4 is 9.46 Å². The van der Waals surface area contributed by atoms with Gasteiger partial charge in [-0.1, -0.05) is 18.2 Å². The lowest BCUT2D eigenvalue weighted by molar-refractivity contribution is -0.108. The summed E-state index contributed by atoms with van der Waals surface area (Å²) in [5, 5.41) is -0.238. The zero-order valence-electron chi connectivity index (χ0n) is 8.21. The molecule has 0 spiro atoms. The van der Waals surface area contributed by atoms with Gasteiger partial charge in [0.2, 0.25) is 11.5 Å². The number of hydrogen-bond donors (Lipinski definition) is 1. The second-order valence-electron chi connectivity index (χ2n) is 3.18. The first-order valence-corrected chi connectivity index (χ1v) is 6.04. The van der Waals surface area contributed by atoms with Gasteiger partial charge in [-0.05, 0) is 24.1 Å². The zero-order valence-corrected chi connectivity index (χ0v) is 9.03. The number of para-hydroxylation sites is 1. The molecule has 0 unspecified atom stereocenters. The SMILES string of the molecule is O=CNS(=O)(=O)C1=CCc2ccccc2O1. The number of carbonyl (C=O) groups excluding carboxylic acids is 1. The number of ether oxygens (including phenoxy) is 1. The smallest absolute Gasteiger partial charge is 0.296 e. The number of benzene rings is 1. The Morgan fingerprint density at radius 2 is 2.06 bits per heavy atom. The molecular weight excluding hydrogens is 230 g/mol. The van der Waals surface area contributed by atoms with Crippen LogP contribution in [0.15, 0.2) is 35.4 Å². The monoisotopic (exact) mass is 239 g/mol. The summed E-state index contributed by atoms with van der Waals surface area (Å²) in [7, 11) is -3.86. The van der Waals surface area contributed by atoms with Crippen LogP contribution in [0.4, 0.5) is 0 Å². The van der Waals surface area contributed by atoms with E-state index in [4.69, 9.17) is 4.74 Å². The van der Waals surface area contributed by atoms with Gasteiger partial charge in [-0.3, -0.25) is 4.79 Å². The van der Waals surface area contributed by atoms with E-state index in [0.717, 1.165) is 5.56 Å².